The summed E-state index contributed by atoms with van der Waals surface area (Å²) in [4.78, 5) is 14.5. The van der Waals surface area contributed by atoms with Crippen molar-refractivity contribution in [3.8, 4) is 11.4 Å². The molecule has 2 spiro atoms. The molecule has 1 aromatic carbocycles. The van der Waals surface area contributed by atoms with Gasteiger partial charge in [0.25, 0.3) is 5.91 Å². The number of nitrogens with zero attached hydrogens (tertiary/aromatic N) is 2. The summed E-state index contributed by atoms with van der Waals surface area (Å²) in [6, 6.07) is 13.9. The van der Waals surface area contributed by atoms with E-state index in [1.165, 1.54) is 5.69 Å². The Hall–Kier alpha value is -3.19. The number of hydrogen-bond donors (Lipinski definition) is 1. The van der Waals surface area contributed by atoms with Crippen LogP contribution in [0.2, 0.25) is 0 Å². The third-order valence-electron chi connectivity index (χ3n) is 7.02. The van der Waals surface area contributed by atoms with Crippen molar-refractivity contribution in [2.75, 3.05) is 32.1 Å². The van der Waals surface area contributed by atoms with Crippen LogP contribution in [0.5, 0.6) is 5.75 Å². The molecular weight excluding hydrogens is 394 g/mol. The van der Waals surface area contributed by atoms with Gasteiger partial charge in [0.05, 0.1) is 42.6 Å². The molecule has 0 saturated carbocycles. The number of methoxy groups -OCH3 is 1. The van der Waals surface area contributed by atoms with Gasteiger partial charge in [0.15, 0.2) is 5.76 Å². The van der Waals surface area contributed by atoms with Crippen molar-refractivity contribution in [3.63, 3.8) is 0 Å². The van der Waals surface area contributed by atoms with Crippen molar-refractivity contribution in [3.05, 3.63) is 66.4 Å². The first-order valence-electron chi connectivity index (χ1n) is 10.7. The lowest BCUT2D eigenvalue weighted by Crippen LogP contribution is -2.48. The number of hydrogen-bond acceptors (Lipinski definition) is 5. The number of aromatic nitrogens is 1. The van der Waals surface area contributed by atoms with Gasteiger partial charge < -0.3 is 28.7 Å². The second-order valence-electron chi connectivity index (χ2n) is 8.77. The number of likely N-dealkylation sites (tertiary alicyclic amines) is 1. The summed E-state index contributed by atoms with van der Waals surface area (Å²) in [6.07, 6.45) is 6.14. The van der Waals surface area contributed by atoms with Crippen LogP contribution in [0.1, 0.15) is 35.5 Å². The quantitative estimate of drug-likeness (QED) is 0.684. The Labute approximate surface area is 180 Å². The molecule has 7 nitrogen and oxygen atoms in total. The highest BCUT2D eigenvalue weighted by Gasteiger charge is 2.54. The lowest BCUT2D eigenvalue weighted by molar-refractivity contribution is -0.0396. The summed E-state index contributed by atoms with van der Waals surface area (Å²) in [6.45, 7) is 1.93. The van der Waals surface area contributed by atoms with Crippen molar-refractivity contribution < 1.29 is 18.7 Å². The molecule has 31 heavy (non-hydrogen) atoms. The smallest absolute Gasteiger partial charge is 0.289 e. The average molecular weight is 419 g/mol. The second kappa shape index (κ2) is 6.65. The SMILES string of the molecule is COc1ccc2c(c1)N[C@@]1(COC3(CCN(C(=O)c4ccco4)CC3)C1)c1cccn1-2. The fourth-order valence-corrected chi connectivity index (χ4v) is 5.42. The highest BCUT2D eigenvalue weighted by atomic mass is 16.5. The van der Waals surface area contributed by atoms with Gasteiger partial charge in [0.1, 0.15) is 11.3 Å². The standard InChI is InChI=1S/C24H25N3O4/c1-29-17-6-7-19-18(14-17)25-24(21-5-2-10-27(19)21)15-23(31-16-24)8-11-26(12-9-23)22(28)20-4-3-13-30-20/h2-7,10,13-14,25H,8-9,11-12,15-16H2,1H3/t24-/m0/s1. The van der Waals surface area contributed by atoms with Gasteiger partial charge in [-0.15, -0.1) is 0 Å². The third-order valence-corrected chi connectivity index (χ3v) is 7.02. The number of anilines is 1. The number of rotatable bonds is 2. The Morgan fingerprint density at radius 1 is 1.16 bits per heavy atom. The zero-order valence-electron chi connectivity index (χ0n) is 17.5. The molecule has 7 heteroatoms. The van der Waals surface area contributed by atoms with Crippen molar-refractivity contribution in [2.45, 2.75) is 30.4 Å². The number of fused-ring (bicyclic) bond motifs is 4. The molecule has 0 unspecified atom stereocenters. The largest absolute Gasteiger partial charge is 0.497 e. The van der Waals surface area contributed by atoms with Crippen molar-refractivity contribution in [1.82, 2.24) is 9.47 Å². The summed E-state index contributed by atoms with van der Waals surface area (Å²) in [7, 11) is 1.69. The number of nitrogens with one attached hydrogen (secondary N) is 1. The molecule has 0 radical (unpaired) electrons. The molecule has 160 valence electrons. The Morgan fingerprint density at radius 3 is 2.81 bits per heavy atom. The number of ether oxygens (including phenoxy) is 2. The molecule has 0 aliphatic carbocycles. The number of furan rings is 1. The van der Waals surface area contributed by atoms with Crippen LogP contribution in [0.25, 0.3) is 5.69 Å². The first kappa shape index (κ1) is 18.6. The Bertz CT molecular complexity index is 1130. The summed E-state index contributed by atoms with van der Waals surface area (Å²) in [5.41, 5.74) is 2.85. The zero-order valence-corrected chi connectivity index (χ0v) is 17.5. The number of carbonyl (C=O) groups excluding carboxylic acids is 1. The molecule has 2 saturated heterocycles. The van der Waals surface area contributed by atoms with Crippen LogP contribution in [0.15, 0.2) is 59.3 Å². The minimum Gasteiger partial charge on any atom is -0.497 e. The first-order chi connectivity index (χ1) is 15.1. The van der Waals surface area contributed by atoms with E-state index in [9.17, 15) is 4.79 Å². The van der Waals surface area contributed by atoms with Gasteiger partial charge in [-0.25, -0.2) is 0 Å². The zero-order chi connectivity index (χ0) is 21.1. The van der Waals surface area contributed by atoms with E-state index in [0.29, 0.717) is 25.5 Å². The molecule has 1 amide bonds. The van der Waals surface area contributed by atoms with E-state index in [0.717, 1.165) is 36.4 Å². The predicted molar refractivity (Wildman–Crippen MR) is 115 cm³/mol. The van der Waals surface area contributed by atoms with Crippen LogP contribution in [0.3, 0.4) is 0 Å². The summed E-state index contributed by atoms with van der Waals surface area (Å²) in [5, 5.41) is 3.80. The third kappa shape index (κ3) is 2.80. The highest BCUT2D eigenvalue weighted by molar-refractivity contribution is 5.91. The normalized spacial score (nSPS) is 23.5. The van der Waals surface area contributed by atoms with E-state index < -0.39 is 0 Å². The fourth-order valence-electron chi connectivity index (χ4n) is 5.42. The maximum atomic E-state index is 12.6. The molecule has 1 N–H and O–H groups in total. The Balaban J connectivity index is 1.26. The van der Waals surface area contributed by atoms with Gasteiger partial charge >= 0.3 is 0 Å². The molecule has 3 aromatic rings. The van der Waals surface area contributed by atoms with Gasteiger partial charge in [0.2, 0.25) is 0 Å². The van der Waals surface area contributed by atoms with Gasteiger partial charge in [-0.2, -0.15) is 0 Å². The van der Waals surface area contributed by atoms with E-state index in [1.54, 1.807) is 25.5 Å². The van der Waals surface area contributed by atoms with Gasteiger partial charge in [0, 0.05) is 31.8 Å². The predicted octanol–water partition coefficient (Wildman–Crippen LogP) is 3.80. The van der Waals surface area contributed by atoms with Gasteiger partial charge in [-0.05, 0) is 49.2 Å². The molecule has 2 fully saturated rings. The van der Waals surface area contributed by atoms with Crippen molar-refractivity contribution in [2.24, 2.45) is 0 Å². The molecule has 3 aliphatic rings. The molecule has 3 aliphatic heterocycles. The summed E-state index contributed by atoms with van der Waals surface area (Å²) in [5.74, 6) is 1.19. The van der Waals surface area contributed by atoms with E-state index in [1.807, 2.05) is 11.0 Å². The van der Waals surface area contributed by atoms with Gasteiger partial charge in [-0.3, -0.25) is 4.79 Å². The topological polar surface area (TPSA) is 68.9 Å². The molecule has 0 bridgehead atoms. The minimum atomic E-state index is -0.296. The van der Waals surface area contributed by atoms with Gasteiger partial charge in [-0.1, -0.05) is 0 Å². The monoisotopic (exact) mass is 419 g/mol. The maximum Gasteiger partial charge on any atom is 0.289 e. The molecule has 6 rings (SSSR count). The molecule has 2 aromatic heterocycles. The van der Waals surface area contributed by atoms with E-state index >= 15 is 0 Å². The minimum absolute atomic E-state index is 0.0433. The summed E-state index contributed by atoms with van der Waals surface area (Å²) >= 11 is 0. The summed E-state index contributed by atoms with van der Waals surface area (Å²) < 4.78 is 19.5. The number of amides is 1. The Kier molecular flexibility index (Phi) is 3.99. The second-order valence-corrected chi connectivity index (χ2v) is 8.77. The maximum absolute atomic E-state index is 12.6. The fraction of sp³-hybridized carbons (Fsp3) is 0.375. The van der Waals surface area contributed by atoms with Crippen LogP contribution in [-0.2, 0) is 10.3 Å². The average Bonchev–Trinajstić information content (AvgIpc) is 3.55. The van der Waals surface area contributed by atoms with Crippen LogP contribution in [-0.4, -0.2) is 47.8 Å². The van der Waals surface area contributed by atoms with E-state index in [2.05, 4.69) is 40.3 Å². The Morgan fingerprint density at radius 2 is 2.03 bits per heavy atom. The lowest BCUT2D eigenvalue weighted by atomic mass is 9.79. The van der Waals surface area contributed by atoms with Crippen molar-refractivity contribution >= 4 is 11.6 Å². The number of benzene rings is 1. The lowest BCUT2D eigenvalue weighted by Gasteiger charge is -2.41. The number of carbonyl (C=O) groups is 1. The molecule has 5 heterocycles. The highest BCUT2D eigenvalue weighted by Crippen LogP contribution is 2.50. The van der Waals surface area contributed by atoms with Crippen LogP contribution < -0.4 is 10.1 Å². The van der Waals surface area contributed by atoms with Crippen LogP contribution in [0, 0.1) is 0 Å². The molecule has 1 atom stereocenters. The molecular formula is C24H25N3O4. The van der Waals surface area contributed by atoms with E-state index in [4.69, 9.17) is 13.9 Å². The van der Waals surface area contributed by atoms with Crippen LogP contribution in [0.4, 0.5) is 5.69 Å². The van der Waals surface area contributed by atoms with E-state index in [-0.39, 0.29) is 17.0 Å². The van der Waals surface area contributed by atoms with Crippen LogP contribution >= 0.6 is 0 Å². The van der Waals surface area contributed by atoms with Crippen molar-refractivity contribution in [1.29, 1.82) is 0 Å². The first-order valence-corrected chi connectivity index (χ1v) is 10.7. The number of piperidine rings is 1.